The standard InChI is InChI=1S/C15H19N3O2S/c1-9-4-3-5-11-12(9)17-14(21-11)18-13(19)10-6-15(7-10,8-16)20-2/h3-5,10H,6-8,16H2,1-2H3,(H,17,18,19). The molecule has 21 heavy (non-hydrogen) atoms. The largest absolute Gasteiger partial charge is 0.377 e. The first-order chi connectivity index (χ1) is 10.1. The topological polar surface area (TPSA) is 77.2 Å². The summed E-state index contributed by atoms with van der Waals surface area (Å²) >= 11 is 1.50. The van der Waals surface area contributed by atoms with Crippen molar-refractivity contribution in [1.29, 1.82) is 0 Å². The van der Waals surface area contributed by atoms with Crippen LogP contribution in [-0.4, -0.2) is 30.1 Å². The number of para-hydroxylation sites is 1. The lowest BCUT2D eigenvalue weighted by Crippen LogP contribution is -2.54. The second-order valence-electron chi connectivity index (χ2n) is 5.63. The zero-order valence-corrected chi connectivity index (χ0v) is 13.0. The predicted octanol–water partition coefficient (Wildman–Crippen LogP) is 2.30. The molecule has 112 valence electrons. The fourth-order valence-corrected chi connectivity index (χ4v) is 3.73. The molecule has 1 aliphatic rings. The van der Waals surface area contributed by atoms with Crippen molar-refractivity contribution in [3.05, 3.63) is 23.8 Å². The van der Waals surface area contributed by atoms with E-state index < -0.39 is 0 Å². The van der Waals surface area contributed by atoms with Crippen LogP contribution in [0.15, 0.2) is 18.2 Å². The van der Waals surface area contributed by atoms with Crippen molar-refractivity contribution in [1.82, 2.24) is 4.98 Å². The molecule has 1 fully saturated rings. The molecule has 0 atom stereocenters. The summed E-state index contributed by atoms with van der Waals surface area (Å²) in [4.78, 5) is 16.7. The van der Waals surface area contributed by atoms with Gasteiger partial charge in [-0.05, 0) is 31.4 Å². The summed E-state index contributed by atoms with van der Waals surface area (Å²) in [7, 11) is 1.65. The smallest absolute Gasteiger partial charge is 0.229 e. The molecule has 6 heteroatoms. The van der Waals surface area contributed by atoms with Crippen LogP contribution >= 0.6 is 11.3 Å². The summed E-state index contributed by atoms with van der Waals surface area (Å²) in [6, 6.07) is 6.04. The van der Waals surface area contributed by atoms with Crippen LogP contribution in [0.1, 0.15) is 18.4 Å². The molecule has 0 unspecified atom stereocenters. The first kappa shape index (κ1) is 14.4. The van der Waals surface area contributed by atoms with Gasteiger partial charge in [0.1, 0.15) is 0 Å². The van der Waals surface area contributed by atoms with Crippen molar-refractivity contribution in [3.8, 4) is 0 Å². The highest BCUT2D eigenvalue weighted by atomic mass is 32.1. The molecule has 0 saturated heterocycles. The van der Waals surface area contributed by atoms with E-state index in [0.29, 0.717) is 24.5 Å². The number of rotatable bonds is 4. The highest BCUT2D eigenvalue weighted by molar-refractivity contribution is 7.22. The molecule has 3 rings (SSSR count). The minimum atomic E-state index is -0.313. The molecule has 0 aliphatic heterocycles. The molecule has 2 aromatic rings. The average molecular weight is 305 g/mol. The van der Waals surface area contributed by atoms with E-state index in [9.17, 15) is 4.79 Å². The van der Waals surface area contributed by atoms with Gasteiger partial charge in [0.25, 0.3) is 0 Å². The molecule has 1 aromatic heterocycles. The fraction of sp³-hybridized carbons (Fsp3) is 0.467. The zero-order valence-electron chi connectivity index (χ0n) is 12.2. The molecule has 0 bridgehead atoms. The van der Waals surface area contributed by atoms with Gasteiger partial charge >= 0.3 is 0 Å². The quantitative estimate of drug-likeness (QED) is 0.908. The lowest BCUT2D eigenvalue weighted by atomic mass is 9.70. The molecule has 1 aliphatic carbocycles. The predicted molar refractivity (Wildman–Crippen MR) is 84.5 cm³/mol. The Balaban J connectivity index is 1.69. The minimum Gasteiger partial charge on any atom is -0.377 e. The lowest BCUT2D eigenvalue weighted by Gasteiger charge is -2.44. The molecular formula is C15H19N3O2S. The van der Waals surface area contributed by atoms with Crippen LogP contribution in [0.3, 0.4) is 0 Å². The molecule has 1 heterocycles. The number of hydrogen-bond acceptors (Lipinski definition) is 5. The SMILES string of the molecule is COC1(CN)CC(C(=O)Nc2nc3c(C)cccc3s2)C1. The van der Waals surface area contributed by atoms with Crippen molar-refractivity contribution in [2.24, 2.45) is 11.7 Å². The Kier molecular flexibility index (Phi) is 3.69. The molecule has 1 amide bonds. The van der Waals surface area contributed by atoms with Gasteiger partial charge in [-0.15, -0.1) is 0 Å². The molecule has 3 N–H and O–H groups in total. The van der Waals surface area contributed by atoms with Crippen LogP contribution in [0.25, 0.3) is 10.2 Å². The van der Waals surface area contributed by atoms with E-state index in [0.717, 1.165) is 15.8 Å². The Morgan fingerprint density at radius 3 is 2.95 bits per heavy atom. The summed E-state index contributed by atoms with van der Waals surface area (Å²) in [5, 5.41) is 3.58. The van der Waals surface area contributed by atoms with Crippen LogP contribution in [0.2, 0.25) is 0 Å². The first-order valence-electron chi connectivity index (χ1n) is 6.99. The highest BCUT2D eigenvalue weighted by Gasteiger charge is 2.47. The second-order valence-corrected chi connectivity index (χ2v) is 6.66. The fourth-order valence-electron chi connectivity index (χ4n) is 2.79. The number of aromatic nitrogens is 1. The molecular weight excluding hydrogens is 286 g/mol. The summed E-state index contributed by atoms with van der Waals surface area (Å²) in [5.41, 5.74) is 7.46. The number of nitrogens with two attached hydrogens (primary N) is 1. The average Bonchev–Trinajstić information content (AvgIpc) is 2.83. The number of carbonyl (C=O) groups is 1. The van der Waals surface area contributed by atoms with Gasteiger partial charge in [-0.2, -0.15) is 0 Å². The van der Waals surface area contributed by atoms with E-state index in [1.807, 2.05) is 25.1 Å². The van der Waals surface area contributed by atoms with Gasteiger partial charge in [-0.3, -0.25) is 4.79 Å². The number of anilines is 1. The Labute approximate surface area is 127 Å². The van der Waals surface area contributed by atoms with Crippen molar-refractivity contribution in [2.45, 2.75) is 25.4 Å². The summed E-state index contributed by atoms with van der Waals surface area (Å²) in [6.45, 7) is 2.47. The Bertz CT molecular complexity index is 671. The maximum Gasteiger partial charge on any atom is 0.229 e. The third-order valence-corrected chi connectivity index (χ3v) is 5.20. The van der Waals surface area contributed by atoms with Gasteiger partial charge in [0.2, 0.25) is 5.91 Å². The van der Waals surface area contributed by atoms with Crippen LogP contribution < -0.4 is 11.1 Å². The Morgan fingerprint density at radius 1 is 1.57 bits per heavy atom. The second kappa shape index (κ2) is 5.36. The Hall–Kier alpha value is -1.50. The van der Waals surface area contributed by atoms with E-state index >= 15 is 0 Å². The Morgan fingerprint density at radius 2 is 2.33 bits per heavy atom. The molecule has 1 aromatic carbocycles. The normalized spacial score (nSPS) is 24.8. The van der Waals surface area contributed by atoms with E-state index in [4.69, 9.17) is 10.5 Å². The third kappa shape index (κ3) is 2.54. The van der Waals surface area contributed by atoms with Crippen molar-refractivity contribution < 1.29 is 9.53 Å². The number of benzene rings is 1. The number of nitrogens with one attached hydrogen (secondary N) is 1. The van der Waals surface area contributed by atoms with Crippen LogP contribution in [0, 0.1) is 12.8 Å². The minimum absolute atomic E-state index is 0.00725. The molecule has 0 radical (unpaired) electrons. The maximum absolute atomic E-state index is 12.2. The van der Waals surface area contributed by atoms with E-state index in [-0.39, 0.29) is 17.4 Å². The number of amides is 1. The van der Waals surface area contributed by atoms with Gasteiger partial charge < -0.3 is 15.8 Å². The number of ether oxygens (including phenoxy) is 1. The van der Waals surface area contributed by atoms with Gasteiger partial charge in [0.05, 0.1) is 15.8 Å². The summed E-state index contributed by atoms with van der Waals surface area (Å²) in [6.07, 6.45) is 1.35. The van der Waals surface area contributed by atoms with Crippen molar-refractivity contribution in [3.63, 3.8) is 0 Å². The third-order valence-electron chi connectivity index (χ3n) is 4.26. The number of carbonyl (C=O) groups excluding carboxylic acids is 1. The van der Waals surface area contributed by atoms with E-state index in [2.05, 4.69) is 10.3 Å². The lowest BCUT2D eigenvalue weighted by molar-refractivity contribution is -0.140. The van der Waals surface area contributed by atoms with Crippen molar-refractivity contribution in [2.75, 3.05) is 19.0 Å². The van der Waals surface area contributed by atoms with Gasteiger partial charge in [0.15, 0.2) is 5.13 Å². The van der Waals surface area contributed by atoms with Crippen LogP contribution in [0.4, 0.5) is 5.13 Å². The number of fused-ring (bicyclic) bond motifs is 1. The van der Waals surface area contributed by atoms with E-state index in [1.54, 1.807) is 7.11 Å². The molecule has 1 saturated carbocycles. The zero-order chi connectivity index (χ0) is 15.0. The van der Waals surface area contributed by atoms with Gasteiger partial charge in [-0.25, -0.2) is 4.98 Å². The van der Waals surface area contributed by atoms with Crippen LogP contribution in [-0.2, 0) is 9.53 Å². The number of methoxy groups -OCH3 is 1. The van der Waals surface area contributed by atoms with E-state index in [1.165, 1.54) is 11.3 Å². The number of thiazole rings is 1. The number of aryl methyl sites for hydroxylation is 1. The molecule has 0 spiro atoms. The number of hydrogen-bond donors (Lipinski definition) is 2. The summed E-state index contributed by atoms with van der Waals surface area (Å²) in [5.74, 6) is -0.0329. The van der Waals surface area contributed by atoms with Crippen LogP contribution in [0.5, 0.6) is 0 Å². The van der Waals surface area contributed by atoms with Gasteiger partial charge in [0, 0.05) is 19.6 Å². The first-order valence-corrected chi connectivity index (χ1v) is 7.81. The summed E-state index contributed by atoms with van der Waals surface area (Å²) < 4.78 is 6.49. The monoisotopic (exact) mass is 305 g/mol. The number of nitrogens with zero attached hydrogens (tertiary/aromatic N) is 1. The molecule has 5 nitrogen and oxygen atoms in total. The maximum atomic E-state index is 12.2. The van der Waals surface area contributed by atoms with Gasteiger partial charge in [-0.1, -0.05) is 23.5 Å². The van der Waals surface area contributed by atoms with Crippen molar-refractivity contribution >= 4 is 32.6 Å². The highest BCUT2D eigenvalue weighted by Crippen LogP contribution is 2.40.